The molecule has 0 radical (unpaired) electrons. The summed E-state index contributed by atoms with van der Waals surface area (Å²) in [6, 6.07) is 2.09. The second-order valence-corrected chi connectivity index (χ2v) is 4.65. The summed E-state index contributed by atoms with van der Waals surface area (Å²) in [5, 5.41) is 5.24. The van der Waals surface area contributed by atoms with Crippen molar-refractivity contribution in [3.05, 3.63) is 29.3 Å². The highest BCUT2D eigenvalue weighted by Gasteiger charge is 2.14. The van der Waals surface area contributed by atoms with Gasteiger partial charge in [0, 0.05) is 32.4 Å². The molecule has 0 aliphatic carbocycles. The first-order chi connectivity index (χ1) is 10.1. The molecule has 0 heterocycles. The quantitative estimate of drug-likeness (QED) is 0.689. The maximum Gasteiger partial charge on any atom is 0.251 e. The zero-order valence-electron chi connectivity index (χ0n) is 12.5. The summed E-state index contributed by atoms with van der Waals surface area (Å²) in [4.78, 5) is 11.8. The van der Waals surface area contributed by atoms with Gasteiger partial charge in [-0.3, -0.25) is 4.79 Å². The summed E-state index contributed by atoms with van der Waals surface area (Å²) in [7, 11) is 1.64. The van der Waals surface area contributed by atoms with Crippen LogP contribution < -0.4 is 10.6 Å². The Kier molecular flexibility index (Phi) is 7.68. The first-order valence-electron chi connectivity index (χ1n) is 7.10. The Hall–Kier alpha value is -1.69. The highest BCUT2D eigenvalue weighted by molar-refractivity contribution is 5.94. The number of hydrogen-bond acceptors (Lipinski definition) is 3. The van der Waals surface area contributed by atoms with E-state index in [-0.39, 0.29) is 11.3 Å². The van der Waals surface area contributed by atoms with Gasteiger partial charge in [0.1, 0.15) is 17.3 Å². The molecular formula is C15H22F2N2O2. The van der Waals surface area contributed by atoms with Crippen LogP contribution in [0.3, 0.4) is 0 Å². The molecule has 0 saturated heterocycles. The zero-order chi connectivity index (χ0) is 15.7. The van der Waals surface area contributed by atoms with Gasteiger partial charge in [0.25, 0.3) is 5.91 Å². The number of unbranched alkanes of at least 4 members (excludes halogenated alkanes) is 2. The summed E-state index contributed by atoms with van der Waals surface area (Å²) in [6.07, 6.45) is 2.65. The van der Waals surface area contributed by atoms with Crippen LogP contribution in [0.5, 0.6) is 0 Å². The van der Waals surface area contributed by atoms with E-state index in [1.165, 1.54) is 0 Å². The maximum absolute atomic E-state index is 13.7. The molecule has 0 bridgehead atoms. The van der Waals surface area contributed by atoms with Crippen molar-refractivity contribution in [2.75, 3.05) is 32.1 Å². The van der Waals surface area contributed by atoms with Crippen molar-refractivity contribution in [3.8, 4) is 0 Å². The Morgan fingerprint density at radius 2 is 1.86 bits per heavy atom. The fraction of sp³-hybridized carbons (Fsp3) is 0.533. The molecule has 1 aromatic carbocycles. The minimum absolute atomic E-state index is 0.0106. The largest absolute Gasteiger partial charge is 0.385 e. The minimum Gasteiger partial charge on any atom is -0.385 e. The SMILES string of the molecule is CCNc1c(F)cc(C(=O)NCCCCCOC)cc1F. The zero-order valence-corrected chi connectivity index (χ0v) is 12.5. The van der Waals surface area contributed by atoms with Gasteiger partial charge in [0.05, 0.1) is 0 Å². The number of halogens is 2. The van der Waals surface area contributed by atoms with Crippen molar-refractivity contribution in [1.29, 1.82) is 0 Å². The Morgan fingerprint density at radius 1 is 1.19 bits per heavy atom. The molecule has 0 atom stereocenters. The molecule has 6 heteroatoms. The van der Waals surface area contributed by atoms with E-state index in [9.17, 15) is 13.6 Å². The molecule has 1 amide bonds. The first-order valence-corrected chi connectivity index (χ1v) is 7.10. The van der Waals surface area contributed by atoms with Crippen molar-refractivity contribution in [3.63, 3.8) is 0 Å². The van der Waals surface area contributed by atoms with Gasteiger partial charge < -0.3 is 15.4 Å². The highest BCUT2D eigenvalue weighted by Crippen LogP contribution is 2.20. The topological polar surface area (TPSA) is 50.4 Å². The third-order valence-corrected chi connectivity index (χ3v) is 2.97. The molecule has 0 saturated carbocycles. The second kappa shape index (κ2) is 9.28. The van der Waals surface area contributed by atoms with E-state index < -0.39 is 17.5 Å². The average molecular weight is 300 g/mol. The number of carbonyl (C=O) groups excluding carboxylic acids is 1. The molecule has 2 N–H and O–H groups in total. The molecule has 118 valence electrons. The molecule has 0 aliphatic heterocycles. The number of nitrogens with one attached hydrogen (secondary N) is 2. The molecule has 0 aromatic heterocycles. The second-order valence-electron chi connectivity index (χ2n) is 4.65. The summed E-state index contributed by atoms with van der Waals surface area (Å²) in [5.41, 5.74) is -0.211. The lowest BCUT2D eigenvalue weighted by Crippen LogP contribution is -2.25. The first kappa shape index (κ1) is 17.4. The Labute approximate surface area is 123 Å². The minimum atomic E-state index is -0.762. The summed E-state index contributed by atoms with van der Waals surface area (Å²) < 4.78 is 32.3. The van der Waals surface area contributed by atoms with Crippen LogP contribution in [0.1, 0.15) is 36.5 Å². The van der Waals surface area contributed by atoms with Crippen LogP contribution in [-0.4, -0.2) is 32.7 Å². The van der Waals surface area contributed by atoms with E-state index in [1.54, 1.807) is 14.0 Å². The molecule has 0 unspecified atom stereocenters. The molecule has 0 spiro atoms. The van der Waals surface area contributed by atoms with Gasteiger partial charge in [-0.25, -0.2) is 8.78 Å². The molecular weight excluding hydrogens is 278 g/mol. The molecule has 21 heavy (non-hydrogen) atoms. The lowest BCUT2D eigenvalue weighted by molar-refractivity contribution is 0.0951. The predicted octanol–water partition coefficient (Wildman–Crippen LogP) is 2.94. The number of hydrogen-bond donors (Lipinski definition) is 2. The standard InChI is InChI=1S/C15H22F2N2O2/c1-3-18-14-12(16)9-11(10-13(14)17)15(20)19-7-5-4-6-8-21-2/h9-10,18H,3-8H2,1-2H3,(H,19,20). The maximum atomic E-state index is 13.7. The van der Waals surface area contributed by atoms with Gasteiger partial charge in [-0.15, -0.1) is 0 Å². The number of benzene rings is 1. The summed E-state index contributed by atoms with van der Waals surface area (Å²) >= 11 is 0. The number of ether oxygens (including phenoxy) is 1. The lowest BCUT2D eigenvalue weighted by Gasteiger charge is -2.09. The van der Waals surface area contributed by atoms with Gasteiger partial charge in [0.15, 0.2) is 0 Å². The normalized spacial score (nSPS) is 10.5. The van der Waals surface area contributed by atoms with Crippen LogP contribution in [0.25, 0.3) is 0 Å². The lowest BCUT2D eigenvalue weighted by atomic mass is 10.1. The highest BCUT2D eigenvalue weighted by atomic mass is 19.1. The van der Waals surface area contributed by atoms with Gasteiger partial charge in [0.2, 0.25) is 0 Å². The predicted molar refractivity (Wildman–Crippen MR) is 78.6 cm³/mol. The summed E-state index contributed by atoms with van der Waals surface area (Å²) in [6.45, 7) is 3.31. The van der Waals surface area contributed by atoms with Crippen molar-refractivity contribution >= 4 is 11.6 Å². The van der Waals surface area contributed by atoms with E-state index in [1.807, 2.05) is 0 Å². The average Bonchev–Trinajstić information content (AvgIpc) is 2.46. The van der Waals surface area contributed by atoms with Gasteiger partial charge in [-0.1, -0.05) is 0 Å². The van der Waals surface area contributed by atoms with Crippen LogP contribution in [-0.2, 0) is 4.74 Å². The van der Waals surface area contributed by atoms with E-state index in [2.05, 4.69) is 10.6 Å². The molecule has 0 aliphatic rings. The third-order valence-electron chi connectivity index (χ3n) is 2.97. The van der Waals surface area contributed by atoms with Crippen molar-refractivity contribution < 1.29 is 18.3 Å². The number of methoxy groups -OCH3 is 1. The summed E-state index contributed by atoms with van der Waals surface area (Å²) in [5.74, 6) is -1.99. The van der Waals surface area contributed by atoms with Crippen LogP contribution >= 0.6 is 0 Å². The Bertz CT molecular complexity index is 444. The van der Waals surface area contributed by atoms with Crippen LogP contribution in [0.2, 0.25) is 0 Å². The van der Waals surface area contributed by atoms with Crippen molar-refractivity contribution in [2.45, 2.75) is 26.2 Å². The molecule has 4 nitrogen and oxygen atoms in total. The smallest absolute Gasteiger partial charge is 0.251 e. The third kappa shape index (κ3) is 5.67. The Morgan fingerprint density at radius 3 is 2.43 bits per heavy atom. The number of anilines is 1. The number of amides is 1. The van der Waals surface area contributed by atoms with Crippen molar-refractivity contribution in [1.82, 2.24) is 5.32 Å². The monoisotopic (exact) mass is 300 g/mol. The van der Waals surface area contributed by atoms with E-state index in [4.69, 9.17) is 4.74 Å². The van der Waals surface area contributed by atoms with Crippen LogP contribution in [0.4, 0.5) is 14.5 Å². The number of carbonyl (C=O) groups is 1. The molecule has 1 rings (SSSR count). The van der Waals surface area contributed by atoms with Gasteiger partial charge in [-0.05, 0) is 38.3 Å². The van der Waals surface area contributed by atoms with Gasteiger partial charge >= 0.3 is 0 Å². The molecule has 1 aromatic rings. The van der Waals surface area contributed by atoms with E-state index in [0.717, 1.165) is 31.4 Å². The number of rotatable bonds is 9. The van der Waals surface area contributed by atoms with E-state index in [0.29, 0.717) is 19.7 Å². The van der Waals surface area contributed by atoms with Crippen LogP contribution in [0, 0.1) is 11.6 Å². The van der Waals surface area contributed by atoms with Crippen molar-refractivity contribution in [2.24, 2.45) is 0 Å². The van der Waals surface area contributed by atoms with Crippen LogP contribution in [0.15, 0.2) is 12.1 Å². The Balaban J connectivity index is 2.51. The van der Waals surface area contributed by atoms with Gasteiger partial charge in [-0.2, -0.15) is 0 Å². The fourth-order valence-corrected chi connectivity index (χ4v) is 1.90. The molecule has 0 fully saturated rings. The fourth-order valence-electron chi connectivity index (χ4n) is 1.90. The van der Waals surface area contributed by atoms with E-state index >= 15 is 0 Å².